The Labute approximate surface area is 111 Å². The second-order valence-electron chi connectivity index (χ2n) is 6.25. The maximum Gasteiger partial charge on any atom is 0.0737 e. The zero-order valence-electron chi connectivity index (χ0n) is 11.4. The maximum atomic E-state index is 2.46. The van der Waals surface area contributed by atoms with E-state index in [1.807, 2.05) is 0 Å². The van der Waals surface area contributed by atoms with Crippen molar-refractivity contribution < 1.29 is 0 Å². The number of hydrogen-bond acceptors (Lipinski definition) is 0. The number of hydrogen-bond donors (Lipinski definition) is 0. The van der Waals surface area contributed by atoms with E-state index in [2.05, 4.69) is 68.2 Å². The van der Waals surface area contributed by atoms with Crippen LogP contribution in [0.2, 0.25) is 19.6 Å². The maximum absolute atomic E-state index is 2.46. The van der Waals surface area contributed by atoms with Crippen LogP contribution in [0.15, 0.2) is 53.3 Å². The highest BCUT2D eigenvalue weighted by molar-refractivity contribution is 6.84. The second kappa shape index (κ2) is 4.10. The van der Waals surface area contributed by atoms with Crippen LogP contribution in [0.4, 0.5) is 0 Å². The molecule has 18 heavy (non-hydrogen) atoms. The molecule has 0 amide bonds. The van der Waals surface area contributed by atoms with Crippen LogP contribution < -0.4 is 0 Å². The van der Waals surface area contributed by atoms with Crippen LogP contribution in [0.25, 0.3) is 6.08 Å². The first-order valence-corrected chi connectivity index (χ1v) is 10.2. The smallest absolute Gasteiger partial charge is 0.0737 e. The molecule has 0 saturated carbocycles. The van der Waals surface area contributed by atoms with E-state index in [-0.39, 0.29) is 0 Å². The van der Waals surface area contributed by atoms with Gasteiger partial charge in [-0.05, 0) is 23.1 Å². The number of fused-ring (bicyclic) bond motifs is 1. The zero-order chi connectivity index (χ0) is 12.8. The SMILES string of the molecule is C[Si](C)(C)C1=Cc2ccccc2C1C1=CCC=C1. The first-order chi connectivity index (χ1) is 8.57. The molecule has 0 heterocycles. The normalized spacial score (nSPS) is 21.8. The molecule has 0 aliphatic heterocycles. The molecular weight excluding hydrogens is 232 g/mol. The molecule has 1 heteroatoms. The summed E-state index contributed by atoms with van der Waals surface area (Å²) in [6, 6.07) is 8.88. The Morgan fingerprint density at radius 2 is 1.89 bits per heavy atom. The summed E-state index contributed by atoms with van der Waals surface area (Å²) < 4.78 is 0. The van der Waals surface area contributed by atoms with Gasteiger partial charge in [-0.1, -0.05) is 73.4 Å². The molecule has 0 spiro atoms. The molecule has 1 atom stereocenters. The third-order valence-corrected chi connectivity index (χ3v) is 6.09. The molecule has 0 bridgehead atoms. The molecule has 0 radical (unpaired) electrons. The van der Waals surface area contributed by atoms with Gasteiger partial charge in [-0.25, -0.2) is 0 Å². The lowest BCUT2D eigenvalue weighted by atomic mass is 9.93. The van der Waals surface area contributed by atoms with Gasteiger partial charge in [0.1, 0.15) is 0 Å². The van der Waals surface area contributed by atoms with Gasteiger partial charge in [0, 0.05) is 5.92 Å². The molecule has 0 fully saturated rings. The molecule has 1 aromatic rings. The minimum absolute atomic E-state index is 0.534. The van der Waals surface area contributed by atoms with Gasteiger partial charge in [-0.3, -0.25) is 0 Å². The molecule has 1 aromatic carbocycles. The van der Waals surface area contributed by atoms with E-state index in [1.165, 1.54) is 16.7 Å². The lowest BCUT2D eigenvalue weighted by Gasteiger charge is -2.26. The molecule has 1 unspecified atom stereocenters. The zero-order valence-corrected chi connectivity index (χ0v) is 12.4. The average Bonchev–Trinajstić information content (AvgIpc) is 2.94. The van der Waals surface area contributed by atoms with Crippen molar-refractivity contribution in [3.8, 4) is 0 Å². The van der Waals surface area contributed by atoms with Crippen LogP contribution in [0.3, 0.4) is 0 Å². The van der Waals surface area contributed by atoms with Gasteiger partial charge in [-0.15, -0.1) is 0 Å². The lowest BCUT2D eigenvalue weighted by molar-refractivity contribution is 1.02. The van der Waals surface area contributed by atoms with Crippen molar-refractivity contribution in [2.75, 3.05) is 0 Å². The highest BCUT2D eigenvalue weighted by atomic mass is 28.3. The standard InChI is InChI=1S/C17H20Si/c1-18(2,3)16-12-14-10-6-7-11-15(14)17(16)13-8-4-5-9-13/h4,6-12,17H,5H2,1-3H3. The molecule has 2 aliphatic rings. The highest BCUT2D eigenvalue weighted by Crippen LogP contribution is 2.46. The lowest BCUT2D eigenvalue weighted by Crippen LogP contribution is -2.27. The molecule has 2 aliphatic carbocycles. The molecule has 3 rings (SSSR count). The van der Waals surface area contributed by atoms with Gasteiger partial charge in [0.05, 0.1) is 8.07 Å². The summed E-state index contributed by atoms with van der Waals surface area (Å²) in [6.45, 7) is 7.37. The Balaban J connectivity index is 2.13. The summed E-state index contributed by atoms with van der Waals surface area (Å²) in [7, 11) is -1.27. The topological polar surface area (TPSA) is 0 Å². The minimum atomic E-state index is -1.27. The van der Waals surface area contributed by atoms with Crippen molar-refractivity contribution in [1.29, 1.82) is 0 Å². The third kappa shape index (κ3) is 1.83. The minimum Gasteiger partial charge on any atom is -0.0804 e. The summed E-state index contributed by atoms with van der Waals surface area (Å²) in [6.07, 6.45) is 10.5. The molecule has 92 valence electrons. The van der Waals surface area contributed by atoms with E-state index in [9.17, 15) is 0 Å². The molecular formula is C17H20Si. The van der Waals surface area contributed by atoms with Crippen LogP contribution in [0.5, 0.6) is 0 Å². The third-order valence-electron chi connectivity index (χ3n) is 3.93. The number of rotatable bonds is 2. The van der Waals surface area contributed by atoms with Crippen LogP contribution in [0, 0.1) is 0 Å². The first kappa shape index (κ1) is 11.7. The molecule has 0 N–H and O–H groups in total. The summed E-state index contributed by atoms with van der Waals surface area (Å²) in [4.78, 5) is 0. The van der Waals surface area contributed by atoms with E-state index >= 15 is 0 Å². The number of allylic oxidation sites excluding steroid dienone is 5. The van der Waals surface area contributed by atoms with Crippen molar-refractivity contribution in [2.45, 2.75) is 32.0 Å². The van der Waals surface area contributed by atoms with Crippen molar-refractivity contribution in [1.82, 2.24) is 0 Å². The van der Waals surface area contributed by atoms with Crippen LogP contribution in [-0.2, 0) is 0 Å². The largest absolute Gasteiger partial charge is 0.0804 e. The molecule has 0 saturated heterocycles. The van der Waals surface area contributed by atoms with Crippen molar-refractivity contribution >= 4 is 14.1 Å². The fourth-order valence-corrected chi connectivity index (χ4v) is 4.80. The highest BCUT2D eigenvalue weighted by Gasteiger charge is 2.34. The van der Waals surface area contributed by atoms with Crippen molar-refractivity contribution in [2.24, 2.45) is 0 Å². The Morgan fingerprint density at radius 3 is 2.56 bits per heavy atom. The Bertz CT molecular complexity index is 568. The summed E-state index contributed by atoms with van der Waals surface area (Å²) in [5, 5.41) is 1.68. The summed E-state index contributed by atoms with van der Waals surface area (Å²) >= 11 is 0. The molecule has 0 aromatic heterocycles. The molecule has 0 nitrogen and oxygen atoms in total. The van der Waals surface area contributed by atoms with Crippen molar-refractivity contribution in [3.05, 3.63) is 64.4 Å². The van der Waals surface area contributed by atoms with E-state index in [4.69, 9.17) is 0 Å². The monoisotopic (exact) mass is 252 g/mol. The van der Waals surface area contributed by atoms with Gasteiger partial charge in [0.2, 0.25) is 0 Å². The van der Waals surface area contributed by atoms with Crippen molar-refractivity contribution in [3.63, 3.8) is 0 Å². The van der Waals surface area contributed by atoms with Gasteiger partial charge in [0.15, 0.2) is 0 Å². The Hall–Kier alpha value is -1.34. The van der Waals surface area contributed by atoms with Gasteiger partial charge in [-0.2, -0.15) is 0 Å². The van der Waals surface area contributed by atoms with Gasteiger partial charge >= 0.3 is 0 Å². The van der Waals surface area contributed by atoms with E-state index in [0.717, 1.165) is 6.42 Å². The summed E-state index contributed by atoms with van der Waals surface area (Å²) in [5.74, 6) is 0.534. The fourth-order valence-electron chi connectivity index (χ4n) is 3.02. The Morgan fingerprint density at radius 1 is 1.11 bits per heavy atom. The van der Waals surface area contributed by atoms with Gasteiger partial charge < -0.3 is 0 Å². The first-order valence-electron chi connectivity index (χ1n) is 6.75. The quantitative estimate of drug-likeness (QED) is 0.655. The predicted octanol–water partition coefficient (Wildman–Crippen LogP) is 4.93. The van der Waals surface area contributed by atoms with Gasteiger partial charge in [0.25, 0.3) is 0 Å². The number of benzene rings is 1. The second-order valence-corrected chi connectivity index (χ2v) is 11.3. The van der Waals surface area contributed by atoms with E-state index in [1.54, 1.807) is 5.20 Å². The predicted molar refractivity (Wildman–Crippen MR) is 82.3 cm³/mol. The van der Waals surface area contributed by atoms with E-state index in [0.29, 0.717) is 5.92 Å². The van der Waals surface area contributed by atoms with Crippen LogP contribution in [-0.4, -0.2) is 8.07 Å². The Kier molecular flexibility index (Phi) is 2.67. The van der Waals surface area contributed by atoms with Crippen LogP contribution >= 0.6 is 0 Å². The van der Waals surface area contributed by atoms with Crippen LogP contribution in [0.1, 0.15) is 23.5 Å². The summed E-state index contributed by atoms with van der Waals surface area (Å²) in [5.41, 5.74) is 4.45. The van der Waals surface area contributed by atoms with E-state index < -0.39 is 8.07 Å². The average molecular weight is 252 g/mol. The fraction of sp³-hybridized carbons (Fsp3) is 0.294.